The average Bonchev–Trinajstić information content (AvgIpc) is 3.38. The Balaban J connectivity index is 1.87. The van der Waals surface area contributed by atoms with Crippen LogP contribution in [0.1, 0.15) is 17.1 Å². The van der Waals surface area contributed by atoms with Crippen LogP contribution < -0.4 is 26.7 Å². The zero-order valence-corrected chi connectivity index (χ0v) is 15.3. The van der Waals surface area contributed by atoms with Crippen LogP contribution in [0.15, 0.2) is 53.5 Å². The van der Waals surface area contributed by atoms with E-state index in [1.165, 1.54) is 0 Å². The zero-order valence-electron chi connectivity index (χ0n) is 14.5. The molecule has 0 amide bonds. The van der Waals surface area contributed by atoms with E-state index in [2.05, 4.69) is 24.9 Å². The van der Waals surface area contributed by atoms with Crippen LogP contribution in [-0.2, 0) is 10.0 Å². The molecule has 4 aromatic heterocycles. The molecule has 1 aliphatic heterocycles. The molecule has 6 N–H and O–H groups in total. The molecule has 28 heavy (non-hydrogen) atoms. The third kappa shape index (κ3) is 3.02. The molecule has 0 spiro atoms. The van der Waals surface area contributed by atoms with Gasteiger partial charge in [-0.1, -0.05) is 0 Å². The molecule has 9 heteroatoms. The van der Waals surface area contributed by atoms with Gasteiger partial charge in [-0.3, -0.25) is 0 Å². The van der Waals surface area contributed by atoms with Crippen molar-refractivity contribution in [2.45, 2.75) is 0 Å². The highest BCUT2D eigenvalue weighted by molar-refractivity contribution is 7.98. The van der Waals surface area contributed by atoms with Crippen molar-refractivity contribution in [1.29, 1.82) is 0 Å². The first kappa shape index (κ1) is 16.6. The molecule has 0 aliphatic carbocycles. The number of primary sulfonamides is 1. The lowest BCUT2D eigenvalue weighted by atomic mass is 10.3. The number of aromatic amines is 4. The van der Waals surface area contributed by atoms with Crippen LogP contribution in [0.2, 0.25) is 0 Å². The summed E-state index contributed by atoms with van der Waals surface area (Å²) in [5.41, 5.74) is 2.55. The highest BCUT2D eigenvalue weighted by Gasteiger charge is 2.18. The molecule has 140 valence electrons. The predicted molar refractivity (Wildman–Crippen MR) is 106 cm³/mol. The minimum absolute atomic E-state index is 0.0200. The van der Waals surface area contributed by atoms with Crippen LogP contribution in [0, 0.1) is 0 Å². The standard InChI is InChI=1S/C19H16N6O2S/c20-28(26,27)19-15-5-3-13(22-15)9-11-1-2-12(21-11)10-14-4-7-17(23-14)25-18-8-6-16(19)24-18/h1-10,21-22H,(H2,20,26,27)(H2,23,24,25). The van der Waals surface area contributed by atoms with Gasteiger partial charge in [-0.15, -0.1) is 0 Å². The number of sulfonamides is 1. The Labute approximate surface area is 158 Å². The molecule has 0 fully saturated rings. The lowest BCUT2D eigenvalue weighted by Gasteiger charge is -2.01. The maximum atomic E-state index is 12.3. The van der Waals surface area contributed by atoms with E-state index in [0.717, 1.165) is 22.1 Å². The second-order valence-electron chi connectivity index (χ2n) is 6.53. The second kappa shape index (κ2) is 5.98. The van der Waals surface area contributed by atoms with Crippen molar-refractivity contribution in [2.24, 2.45) is 10.1 Å². The summed E-state index contributed by atoms with van der Waals surface area (Å²) in [5.74, 6) is 0.643. The Morgan fingerprint density at radius 1 is 0.750 bits per heavy atom. The summed E-state index contributed by atoms with van der Waals surface area (Å²) in [6.45, 7) is 0. The maximum absolute atomic E-state index is 12.3. The number of nitrogens with two attached hydrogens (primary N) is 1. The van der Waals surface area contributed by atoms with Gasteiger partial charge >= 0.3 is 0 Å². The lowest BCUT2D eigenvalue weighted by molar-refractivity contribution is 0.607. The van der Waals surface area contributed by atoms with Gasteiger partial charge in [-0.25, -0.2) is 18.5 Å². The maximum Gasteiger partial charge on any atom is 0.242 e. The molecule has 4 aromatic rings. The number of hydrogen-bond acceptors (Lipinski definition) is 3. The Bertz CT molecular complexity index is 1550. The molecule has 5 heterocycles. The van der Waals surface area contributed by atoms with Crippen LogP contribution in [-0.4, -0.2) is 28.4 Å². The molecule has 0 aromatic carbocycles. The Kier molecular flexibility index (Phi) is 3.54. The molecular weight excluding hydrogens is 376 g/mol. The average molecular weight is 392 g/mol. The molecule has 0 unspecified atom stereocenters. The SMILES string of the molecule is NS(=O)(=O)C1=c2ccc([nH]2)=Nc2ccc([nH]2)C=c2ccc([nH]2)=Cc2ccc1[nH]2. The summed E-state index contributed by atoms with van der Waals surface area (Å²) in [6, 6.07) is 14.5. The topological polar surface area (TPSA) is 136 Å². The van der Waals surface area contributed by atoms with Gasteiger partial charge in [0.15, 0.2) is 0 Å². The molecule has 0 radical (unpaired) electrons. The number of nitrogens with one attached hydrogen (secondary N) is 4. The second-order valence-corrected chi connectivity index (χ2v) is 8.03. The molecule has 8 bridgehead atoms. The van der Waals surface area contributed by atoms with Crippen molar-refractivity contribution in [2.75, 3.05) is 0 Å². The van der Waals surface area contributed by atoms with E-state index in [4.69, 9.17) is 5.14 Å². The van der Waals surface area contributed by atoms with Crippen LogP contribution in [0.3, 0.4) is 0 Å². The van der Waals surface area contributed by atoms with Gasteiger partial charge in [-0.2, -0.15) is 0 Å². The van der Waals surface area contributed by atoms with Gasteiger partial charge in [0.1, 0.15) is 16.2 Å². The third-order valence-electron chi connectivity index (χ3n) is 4.44. The van der Waals surface area contributed by atoms with E-state index in [1.807, 2.05) is 36.4 Å². The molecule has 0 saturated carbocycles. The molecule has 1 aliphatic rings. The quantitative estimate of drug-likeness (QED) is 0.295. The summed E-state index contributed by atoms with van der Waals surface area (Å²) < 4.78 is 24.6. The minimum atomic E-state index is -3.99. The Hall–Kier alpha value is -3.56. The predicted octanol–water partition coefficient (Wildman–Crippen LogP) is -0.634. The fourth-order valence-corrected chi connectivity index (χ4v) is 4.12. The third-order valence-corrected chi connectivity index (χ3v) is 5.45. The minimum Gasteiger partial charge on any atom is -0.355 e. The van der Waals surface area contributed by atoms with Gasteiger partial charge in [-0.05, 0) is 60.7 Å². The van der Waals surface area contributed by atoms with Crippen molar-refractivity contribution >= 4 is 32.9 Å². The van der Waals surface area contributed by atoms with Crippen LogP contribution >= 0.6 is 0 Å². The Morgan fingerprint density at radius 2 is 1.46 bits per heavy atom. The highest BCUT2D eigenvalue weighted by Crippen LogP contribution is 2.15. The number of H-pyrrole nitrogens is 4. The monoisotopic (exact) mass is 392 g/mol. The highest BCUT2D eigenvalue weighted by atomic mass is 32.2. The van der Waals surface area contributed by atoms with Crippen molar-refractivity contribution < 1.29 is 8.42 Å². The van der Waals surface area contributed by atoms with Crippen molar-refractivity contribution in [3.05, 3.63) is 87.1 Å². The summed E-state index contributed by atoms with van der Waals surface area (Å²) in [7, 11) is -3.99. The van der Waals surface area contributed by atoms with E-state index in [0.29, 0.717) is 22.3 Å². The van der Waals surface area contributed by atoms with Crippen molar-refractivity contribution in [1.82, 2.24) is 19.9 Å². The summed E-state index contributed by atoms with van der Waals surface area (Å²) in [4.78, 5) is 17.1. The number of rotatable bonds is 1. The lowest BCUT2D eigenvalue weighted by Crippen LogP contribution is -2.24. The van der Waals surface area contributed by atoms with E-state index >= 15 is 0 Å². The van der Waals surface area contributed by atoms with Crippen molar-refractivity contribution in [3.63, 3.8) is 0 Å². The smallest absolute Gasteiger partial charge is 0.242 e. The number of hydrogen-bond donors (Lipinski definition) is 5. The summed E-state index contributed by atoms with van der Waals surface area (Å²) in [6.07, 6.45) is 3.87. The Morgan fingerprint density at radius 3 is 2.21 bits per heavy atom. The first-order chi connectivity index (χ1) is 13.4. The first-order valence-corrected chi connectivity index (χ1v) is 10.1. The van der Waals surface area contributed by atoms with E-state index in [-0.39, 0.29) is 4.91 Å². The van der Waals surface area contributed by atoms with Gasteiger partial charge in [0.2, 0.25) is 10.0 Å². The fourth-order valence-electron chi connectivity index (χ4n) is 3.27. The van der Waals surface area contributed by atoms with Gasteiger partial charge in [0.25, 0.3) is 0 Å². The van der Waals surface area contributed by atoms with Crippen molar-refractivity contribution in [3.8, 4) is 0 Å². The van der Waals surface area contributed by atoms with Crippen LogP contribution in [0.4, 0.5) is 5.82 Å². The zero-order chi connectivity index (χ0) is 19.3. The van der Waals surface area contributed by atoms with E-state index in [9.17, 15) is 8.42 Å². The molecule has 0 atom stereocenters. The van der Waals surface area contributed by atoms with Gasteiger partial charge < -0.3 is 19.9 Å². The molecular formula is C19H16N6O2S. The van der Waals surface area contributed by atoms with Gasteiger partial charge in [0, 0.05) is 22.1 Å². The molecule has 5 rings (SSSR count). The van der Waals surface area contributed by atoms with Crippen LogP contribution in [0.5, 0.6) is 0 Å². The summed E-state index contributed by atoms with van der Waals surface area (Å²) >= 11 is 0. The van der Waals surface area contributed by atoms with Gasteiger partial charge in [0.05, 0.1) is 11.0 Å². The first-order valence-electron chi connectivity index (χ1n) is 8.52. The fraction of sp³-hybridized carbons (Fsp3) is 0. The van der Waals surface area contributed by atoms with Crippen LogP contribution in [0.25, 0.3) is 17.1 Å². The summed E-state index contributed by atoms with van der Waals surface area (Å²) in [5, 5.41) is 7.67. The molecule has 0 saturated heterocycles. The van der Waals surface area contributed by atoms with E-state index in [1.54, 1.807) is 24.3 Å². The van der Waals surface area contributed by atoms with E-state index < -0.39 is 10.0 Å². The number of fused-ring (bicyclic) bond motifs is 8. The largest absolute Gasteiger partial charge is 0.355 e. The number of aromatic nitrogens is 4. The molecule has 8 nitrogen and oxygen atoms in total. The number of nitrogens with zero attached hydrogens (tertiary/aromatic N) is 1. The normalized spacial score (nSPS) is 13.5.